The number of anilines is 1. The summed E-state index contributed by atoms with van der Waals surface area (Å²) in [6.45, 7) is 1.62. The van der Waals surface area contributed by atoms with E-state index in [0.717, 1.165) is 0 Å². The van der Waals surface area contributed by atoms with Gasteiger partial charge in [-0.2, -0.15) is 5.10 Å². The molecule has 98 valence electrons. The zero-order chi connectivity index (χ0) is 14.0. The van der Waals surface area contributed by atoms with E-state index >= 15 is 0 Å². The number of aryl methyl sites for hydroxylation is 2. The largest absolute Gasteiger partial charge is 0.321 e. The first-order valence-electron chi connectivity index (χ1n) is 5.53. The van der Waals surface area contributed by atoms with Gasteiger partial charge in [0.15, 0.2) is 0 Å². The number of hydrogen-bond acceptors (Lipinski definition) is 4. The number of benzene rings is 1. The van der Waals surface area contributed by atoms with Gasteiger partial charge < -0.3 is 5.32 Å². The molecular weight excluding hydrogens is 248 g/mol. The summed E-state index contributed by atoms with van der Waals surface area (Å²) in [5, 5.41) is 17.3. The lowest BCUT2D eigenvalue weighted by molar-refractivity contribution is -0.385. The Labute approximate surface area is 109 Å². The zero-order valence-electron chi connectivity index (χ0n) is 10.5. The van der Waals surface area contributed by atoms with Crippen LogP contribution in [-0.4, -0.2) is 20.6 Å². The Bertz CT molecular complexity index is 648. The van der Waals surface area contributed by atoms with Crippen LogP contribution < -0.4 is 5.32 Å². The Balaban J connectivity index is 2.21. The lowest BCUT2D eigenvalue weighted by Crippen LogP contribution is -2.16. The molecule has 2 aromatic rings. The molecule has 1 N–H and O–H groups in total. The minimum absolute atomic E-state index is 0.0264. The maximum absolute atomic E-state index is 11.9. The van der Waals surface area contributed by atoms with Crippen LogP contribution in [-0.2, 0) is 7.05 Å². The number of hydrogen-bond donors (Lipinski definition) is 1. The standard InChI is InChI=1S/C12H12N4O3/c1-8-7-9(3-4-10(8)16(18)19)14-12(17)11-5-6-13-15(11)2/h3-7H,1-2H3,(H,14,17). The highest BCUT2D eigenvalue weighted by atomic mass is 16.6. The van der Waals surface area contributed by atoms with E-state index in [1.54, 1.807) is 26.1 Å². The average molecular weight is 260 g/mol. The van der Waals surface area contributed by atoms with E-state index < -0.39 is 4.92 Å². The quantitative estimate of drug-likeness (QED) is 0.674. The van der Waals surface area contributed by atoms with Gasteiger partial charge in [-0.05, 0) is 25.1 Å². The minimum atomic E-state index is -0.456. The number of aromatic nitrogens is 2. The number of nitrogens with one attached hydrogen (secondary N) is 1. The molecule has 1 amide bonds. The molecule has 1 aromatic heterocycles. The fraction of sp³-hybridized carbons (Fsp3) is 0.167. The van der Waals surface area contributed by atoms with Gasteiger partial charge in [0.2, 0.25) is 0 Å². The second-order valence-electron chi connectivity index (χ2n) is 4.05. The van der Waals surface area contributed by atoms with E-state index in [1.807, 2.05) is 0 Å². The molecule has 0 aliphatic rings. The van der Waals surface area contributed by atoms with Gasteiger partial charge in [0.05, 0.1) is 4.92 Å². The van der Waals surface area contributed by atoms with Crippen molar-refractivity contribution in [3.63, 3.8) is 0 Å². The van der Waals surface area contributed by atoms with Crippen LogP contribution in [0.15, 0.2) is 30.5 Å². The molecule has 7 nitrogen and oxygen atoms in total. The van der Waals surface area contributed by atoms with E-state index in [0.29, 0.717) is 16.9 Å². The van der Waals surface area contributed by atoms with Crippen LogP contribution in [0.1, 0.15) is 16.1 Å². The summed E-state index contributed by atoms with van der Waals surface area (Å²) in [7, 11) is 1.66. The highest BCUT2D eigenvalue weighted by Gasteiger charge is 2.13. The normalized spacial score (nSPS) is 10.2. The Morgan fingerprint density at radius 1 is 1.42 bits per heavy atom. The van der Waals surface area contributed by atoms with Crippen molar-refractivity contribution in [3.05, 3.63) is 51.8 Å². The summed E-state index contributed by atoms with van der Waals surface area (Å²) in [6, 6.07) is 6.02. The first kappa shape index (κ1) is 12.7. The number of carbonyl (C=O) groups is 1. The second-order valence-corrected chi connectivity index (χ2v) is 4.05. The monoisotopic (exact) mass is 260 g/mol. The van der Waals surface area contributed by atoms with Crippen molar-refractivity contribution in [2.75, 3.05) is 5.32 Å². The van der Waals surface area contributed by atoms with E-state index in [4.69, 9.17) is 0 Å². The van der Waals surface area contributed by atoms with Crippen LogP contribution in [0.2, 0.25) is 0 Å². The summed E-state index contributed by atoms with van der Waals surface area (Å²) in [5.74, 6) is -0.312. The average Bonchev–Trinajstić information content (AvgIpc) is 2.75. The molecule has 0 aliphatic heterocycles. The Morgan fingerprint density at radius 3 is 2.68 bits per heavy atom. The van der Waals surface area contributed by atoms with Crippen molar-refractivity contribution in [3.8, 4) is 0 Å². The summed E-state index contributed by atoms with van der Waals surface area (Å²) >= 11 is 0. The van der Waals surface area contributed by atoms with Crippen molar-refractivity contribution in [2.45, 2.75) is 6.92 Å². The lowest BCUT2D eigenvalue weighted by Gasteiger charge is -2.06. The number of nitrogens with zero attached hydrogens (tertiary/aromatic N) is 3. The smallest absolute Gasteiger partial charge is 0.273 e. The number of rotatable bonds is 3. The van der Waals surface area contributed by atoms with Crippen LogP contribution in [0.25, 0.3) is 0 Å². The third-order valence-corrected chi connectivity index (χ3v) is 2.70. The molecule has 1 heterocycles. The van der Waals surface area contributed by atoms with Gasteiger partial charge in [-0.25, -0.2) is 0 Å². The van der Waals surface area contributed by atoms with Crippen LogP contribution in [0.3, 0.4) is 0 Å². The molecule has 2 rings (SSSR count). The van der Waals surface area contributed by atoms with Gasteiger partial charge in [-0.15, -0.1) is 0 Å². The first-order chi connectivity index (χ1) is 8.99. The molecule has 19 heavy (non-hydrogen) atoms. The Hall–Kier alpha value is -2.70. The van der Waals surface area contributed by atoms with Gasteiger partial charge in [0.1, 0.15) is 5.69 Å². The van der Waals surface area contributed by atoms with Crippen LogP contribution >= 0.6 is 0 Å². The van der Waals surface area contributed by atoms with Crippen LogP contribution in [0.5, 0.6) is 0 Å². The zero-order valence-corrected chi connectivity index (χ0v) is 10.5. The number of carbonyl (C=O) groups excluding carboxylic acids is 1. The number of amides is 1. The van der Waals surface area contributed by atoms with E-state index in [-0.39, 0.29) is 11.6 Å². The predicted octanol–water partition coefficient (Wildman–Crippen LogP) is 1.89. The molecule has 0 atom stereocenters. The molecule has 0 bridgehead atoms. The summed E-state index contributed by atoms with van der Waals surface area (Å²) < 4.78 is 1.45. The summed E-state index contributed by atoms with van der Waals surface area (Å²) in [5.41, 5.74) is 1.44. The van der Waals surface area contributed by atoms with Crippen molar-refractivity contribution in [1.82, 2.24) is 9.78 Å². The van der Waals surface area contributed by atoms with Crippen molar-refractivity contribution in [1.29, 1.82) is 0 Å². The molecule has 7 heteroatoms. The van der Waals surface area contributed by atoms with E-state index in [2.05, 4.69) is 10.4 Å². The summed E-state index contributed by atoms with van der Waals surface area (Å²) in [4.78, 5) is 22.2. The third-order valence-electron chi connectivity index (χ3n) is 2.70. The molecule has 0 saturated carbocycles. The fourth-order valence-electron chi connectivity index (χ4n) is 1.73. The maximum atomic E-state index is 11.9. The molecule has 0 radical (unpaired) electrons. The fourth-order valence-corrected chi connectivity index (χ4v) is 1.73. The van der Waals surface area contributed by atoms with Gasteiger partial charge in [-0.3, -0.25) is 19.6 Å². The van der Waals surface area contributed by atoms with Gasteiger partial charge in [0.25, 0.3) is 11.6 Å². The minimum Gasteiger partial charge on any atom is -0.321 e. The molecule has 0 fully saturated rings. The summed E-state index contributed by atoms with van der Waals surface area (Å²) in [6.07, 6.45) is 1.52. The Morgan fingerprint density at radius 2 is 2.16 bits per heavy atom. The highest BCUT2D eigenvalue weighted by Crippen LogP contribution is 2.21. The van der Waals surface area contributed by atoms with E-state index in [1.165, 1.54) is 23.0 Å². The number of nitro benzene ring substituents is 1. The van der Waals surface area contributed by atoms with Crippen molar-refractivity contribution < 1.29 is 9.72 Å². The highest BCUT2D eigenvalue weighted by molar-refractivity contribution is 6.03. The molecule has 0 aliphatic carbocycles. The third kappa shape index (κ3) is 2.59. The maximum Gasteiger partial charge on any atom is 0.273 e. The SMILES string of the molecule is Cc1cc(NC(=O)c2ccnn2C)ccc1[N+](=O)[O-]. The van der Waals surface area contributed by atoms with Crippen molar-refractivity contribution >= 4 is 17.3 Å². The van der Waals surface area contributed by atoms with Gasteiger partial charge in [-0.1, -0.05) is 0 Å². The molecule has 0 unspecified atom stereocenters. The predicted molar refractivity (Wildman–Crippen MR) is 69.0 cm³/mol. The molecular formula is C12H12N4O3. The topological polar surface area (TPSA) is 90.1 Å². The van der Waals surface area contributed by atoms with Crippen LogP contribution in [0.4, 0.5) is 11.4 Å². The second kappa shape index (κ2) is 4.89. The first-order valence-corrected chi connectivity index (χ1v) is 5.53. The van der Waals surface area contributed by atoms with Gasteiger partial charge >= 0.3 is 0 Å². The lowest BCUT2D eigenvalue weighted by atomic mass is 10.2. The van der Waals surface area contributed by atoms with Crippen molar-refractivity contribution in [2.24, 2.45) is 7.05 Å². The number of nitro groups is 1. The Kier molecular flexibility index (Phi) is 3.28. The molecule has 1 aromatic carbocycles. The molecule has 0 spiro atoms. The van der Waals surface area contributed by atoms with Gasteiger partial charge in [0, 0.05) is 30.6 Å². The van der Waals surface area contributed by atoms with Crippen LogP contribution in [0, 0.1) is 17.0 Å². The molecule has 0 saturated heterocycles. The van der Waals surface area contributed by atoms with E-state index in [9.17, 15) is 14.9 Å².